The number of carboxylic acids is 2. The molecule has 0 aliphatic carbocycles. The minimum Gasteiger partial charge on any atom is -0.508 e. The molecule has 0 fully saturated rings. The number of alkyl carbamates (subject to hydrolysis) is 1. The number of aromatic hydroxyl groups is 1. The number of nitrogens with zero attached hydrogens (tertiary/aromatic N) is 1. The topological polar surface area (TPSA) is 340 Å². The molecule has 2 aromatic carbocycles. The van der Waals surface area contributed by atoms with Crippen molar-refractivity contribution in [2.45, 2.75) is 102 Å². The first-order valence-corrected chi connectivity index (χ1v) is 19.2. The third-order valence-corrected chi connectivity index (χ3v) is 8.86. The molecule has 0 spiro atoms. The summed E-state index contributed by atoms with van der Waals surface area (Å²) in [6.07, 6.45) is -0.856. The Morgan fingerprint density at radius 1 is 0.678 bits per heavy atom. The van der Waals surface area contributed by atoms with Crippen LogP contribution in [0.5, 0.6) is 5.75 Å². The van der Waals surface area contributed by atoms with Gasteiger partial charge in [0.15, 0.2) is 5.96 Å². The lowest BCUT2D eigenvalue weighted by molar-refractivity contribution is -0.142. The summed E-state index contributed by atoms with van der Waals surface area (Å²) >= 11 is 0. The minimum atomic E-state index is -1.54. The van der Waals surface area contributed by atoms with Gasteiger partial charge in [0.2, 0.25) is 23.6 Å². The molecule has 2 aromatic rings. The van der Waals surface area contributed by atoms with Crippen LogP contribution in [0.3, 0.4) is 0 Å². The van der Waals surface area contributed by atoms with Gasteiger partial charge in [0, 0.05) is 19.4 Å². The number of amides is 5. The number of phenols is 1. The normalized spacial score (nSPS) is 13.4. The van der Waals surface area contributed by atoms with Gasteiger partial charge in [-0.05, 0) is 74.2 Å². The molecule has 0 aromatic heterocycles. The Morgan fingerprint density at radius 3 is 1.80 bits per heavy atom. The molecule has 0 radical (unpaired) electrons. The molecule has 5 atom stereocenters. The van der Waals surface area contributed by atoms with Crippen LogP contribution in [0.4, 0.5) is 4.79 Å². The Labute approximate surface area is 342 Å². The van der Waals surface area contributed by atoms with Gasteiger partial charge >= 0.3 is 18.0 Å². The fraction of sp³-hybridized carbons (Fsp3) is 0.487. The van der Waals surface area contributed by atoms with Crippen LogP contribution < -0.4 is 43.8 Å². The number of phenolic OH excluding ortho intramolecular Hbond substituents is 1. The maximum absolute atomic E-state index is 13.9. The van der Waals surface area contributed by atoms with Gasteiger partial charge in [0.25, 0.3) is 0 Å². The molecule has 0 aliphatic heterocycles. The summed E-state index contributed by atoms with van der Waals surface area (Å²) in [5.41, 5.74) is 17.7. The average Bonchev–Trinajstić information content (AvgIpc) is 3.18. The lowest BCUT2D eigenvalue weighted by Gasteiger charge is -2.28. The van der Waals surface area contributed by atoms with Crippen molar-refractivity contribution in [1.29, 1.82) is 0 Å². The summed E-state index contributed by atoms with van der Waals surface area (Å²) < 4.78 is 5.29. The highest BCUT2D eigenvalue weighted by molar-refractivity contribution is 5.96. The van der Waals surface area contributed by atoms with Gasteiger partial charge in [-0.3, -0.25) is 29.0 Å². The summed E-state index contributed by atoms with van der Waals surface area (Å²) in [5, 5.41) is 41.4. The number of carbonyl (C=O) groups excluding carboxylic acids is 5. The van der Waals surface area contributed by atoms with Gasteiger partial charge in [-0.15, -0.1) is 0 Å². The zero-order chi connectivity index (χ0) is 43.9. The SMILES string of the molecule is CC(C)[C@H](NC(=O)[C@H](CCC(=O)O)NC(=O)[C@H](CCCN=C(N)N)NC(=O)[C@H](CCCCN)NC(=O)OCc1ccccc1)C(=O)N[C@@H](Cc1ccc(O)cc1)C(=O)O. The molecule has 0 heterocycles. The van der Waals surface area contributed by atoms with Gasteiger partial charge < -0.3 is 63.8 Å². The van der Waals surface area contributed by atoms with Crippen LogP contribution in [0.25, 0.3) is 0 Å². The number of carboxylic acid groups (broad SMARTS) is 2. The molecule has 59 heavy (non-hydrogen) atoms. The van der Waals surface area contributed by atoms with Crippen LogP contribution in [0.2, 0.25) is 0 Å². The highest BCUT2D eigenvalue weighted by Gasteiger charge is 2.34. The highest BCUT2D eigenvalue weighted by Crippen LogP contribution is 2.13. The number of aliphatic carboxylic acids is 2. The third-order valence-electron chi connectivity index (χ3n) is 8.86. The highest BCUT2D eigenvalue weighted by atomic mass is 16.5. The molecule has 0 bridgehead atoms. The summed E-state index contributed by atoms with van der Waals surface area (Å²) in [7, 11) is 0. The molecule has 2 rings (SSSR count). The van der Waals surface area contributed by atoms with Gasteiger partial charge in [-0.2, -0.15) is 0 Å². The molecular weight excluding hydrogens is 770 g/mol. The number of carbonyl (C=O) groups is 7. The van der Waals surface area contributed by atoms with Crippen molar-refractivity contribution in [3.63, 3.8) is 0 Å². The zero-order valence-electron chi connectivity index (χ0n) is 33.2. The fourth-order valence-corrected chi connectivity index (χ4v) is 5.64. The van der Waals surface area contributed by atoms with E-state index < -0.39 is 90.6 Å². The van der Waals surface area contributed by atoms with E-state index in [1.165, 1.54) is 24.3 Å². The number of aliphatic imine (C=N–C) groups is 1. The van der Waals surface area contributed by atoms with E-state index in [1.54, 1.807) is 44.2 Å². The van der Waals surface area contributed by atoms with Crippen molar-refractivity contribution in [3.05, 3.63) is 65.7 Å². The molecule has 20 nitrogen and oxygen atoms in total. The van der Waals surface area contributed by atoms with Crippen LogP contribution in [0.15, 0.2) is 59.6 Å². The van der Waals surface area contributed by atoms with Gasteiger partial charge in [0.1, 0.15) is 42.6 Å². The van der Waals surface area contributed by atoms with Gasteiger partial charge in [0.05, 0.1) is 0 Å². The van der Waals surface area contributed by atoms with Crippen LogP contribution in [0.1, 0.15) is 69.9 Å². The van der Waals surface area contributed by atoms with Crippen molar-refractivity contribution >= 4 is 47.6 Å². The standard InChI is InChI=1S/C39H57N9O11/c1-23(2)32(36(55)46-30(37(56)57)21-24-13-15-26(49)16-14-24)48-35(54)29(17-18-31(50)51)45-33(52)27(12-8-20-43-38(41)42)44-34(53)28(11-6-7-19-40)47-39(58)59-22-25-9-4-3-5-10-25/h3-5,9-10,13-16,23,27-30,32,49H,6-8,11-12,17-22,40H2,1-2H3,(H,44,53)(H,45,52)(H,46,55)(H,47,58)(H,48,54)(H,50,51)(H,56,57)(H4,41,42,43)/t27-,28-,29-,30-,32-/m0/s1. The number of rotatable bonds is 26. The first-order valence-electron chi connectivity index (χ1n) is 19.2. The number of ether oxygens (including phenoxy) is 1. The smallest absolute Gasteiger partial charge is 0.408 e. The lowest BCUT2D eigenvalue weighted by Crippen LogP contribution is -2.59. The Morgan fingerprint density at radius 2 is 1.24 bits per heavy atom. The lowest BCUT2D eigenvalue weighted by atomic mass is 10.00. The predicted molar refractivity (Wildman–Crippen MR) is 215 cm³/mol. The van der Waals surface area contributed by atoms with Crippen LogP contribution in [-0.2, 0) is 46.5 Å². The maximum atomic E-state index is 13.9. The van der Waals surface area contributed by atoms with E-state index in [-0.39, 0.29) is 50.5 Å². The summed E-state index contributed by atoms with van der Waals surface area (Å²) in [6.45, 7) is 3.48. The van der Waals surface area contributed by atoms with Gasteiger partial charge in [-0.1, -0.05) is 56.3 Å². The van der Waals surface area contributed by atoms with E-state index in [2.05, 4.69) is 31.6 Å². The number of benzene rings is 2. The van der Waals surface area contributed by atoms with Crippen molar-refractivity contribution in [2.24, 2.45) is 28.1 Å². The van der Waals surface area contributed by atoms with E-state index in [1.807, 2.05) is 0 Å². The number of unbranched alkanes of at least 4 members (excludes halogenated alkanes) is 1. The average molecular weight is 828 g/mol. The fourth-order valence-electron chi connectivity index (χ4n) is 5.64. The Kier molecular flexibility index (Phi) is 21.2. The monoisotopic (exact) mass is 827 g/mol. The largest absolute Gasteiger partial charge is 0.508 e. The predicted octanol–water partition coefficient (Wildman–Crippen LogP) is -0.0431. The number of hydrogen-bond acceptors (Lipinski definition) is 11. The first kappa shape index (κ1) is 48.7. The van der Waals surface area contributed by atoms with Crippen molar-refractivity contribution in [3.8, 4) is 5.75 Å². The molecule has 0 aliphatic rings. The first-order chi connectivity index (χ1) is 28.0. The maximum Gasteiger partial charge on any atom is 0.408 e. The second-order valence-corrected chi connectivity index (χ2v) is 14.0. The van der Waals surface area contributed by atoms with Crippen molar-refractivity contribution < 1.29 is 53.6 Å². The van der Waals surface area contributed by atoms with E-state index in [9.17, 15) is 48.9 Å². The quantitative estimate of drug-likeness (QED) is 0.0337. The summed E-state index contributed by atoms with van der Waals surface area (Å²) in [5.74, 6) is -6.97. The molecule has 0 saturated heterocycles. The molecule has 5 amide bonds. The Balaban J connectivity index is 2.29. The second-order valence-electron chi connectivity index (χ2n) is 14.0. The van der Waals surface area contributed by atoms with Gasteiger partial charge in [-0.25, -0.2) is 9.59 Å². The van der Waals surface area contributed by atoms with E-state index in [0.717, 1.165) is 0 Å². The number of nitrogens with one attached hydrogen (secondary N) is 5. The summed E-state index contributed by atoms with van der Waals surface area (Å²) in [6, 6.07) is 7.75. The Hall–Kier alpha value is -6.44. The molecule has 324 valence electrons. The van der Waals surface area contributed by atoms with E-state index >= 15 is 0 Å². The summed E-state index contributed by atoms with van der Waals surface area (Å²) in [4.78, 5) is 95.0. The molecule has 0 unspecified atom stereocenters. The molecule has 0 saturated carbocycles. The number of nitrogens with two attached hydrogens (primary N) is 3. The van der Waals surface area contributed by atoms with E-state index in [0.29, 0.717) is 30.5 Å². The third kappa shape index (κ3) is 19.0. The number of hydrogen-bond donors (Lipinski definition) is 11. The van der Waals surface area contributed by atoms with E-state index in [4.69, 9.17) is 21.9 Å². The molecular formula is C39H57N9O11. The second kappa shape index (κ2) is 25.7. The van der Waals surface area contributed by atoms with Crippen molar-refractivity contribution in [1.82, 2.24) is 26.6 Å². The van der Waals surface area contributed by atoms with Crippen LogP contribution in [-0.4, -0.2) is 106 Å². The van der Waals surface area contributed by atoms with Crippen molar-refractivity contribution in [2.75, 3.05) is 13.1 Å². The molecule has 14 N–H and O–H groups in total. The molecule has 20 heteroatoms. The van der Waals surface area contributed by atoms with Crippen LogP contribution in [0, 0.1) is 5.92 Å². The Bertz CT molecular complexity index is 1720. The zero-order valence-corrected chi connectivity index (χ0v) is 33.2. The minimum absolute atomic E-state index is 0.0345. The number of guanidine groups is 1. The van der Waals surface area contributed by atoms with Crippen LogP contribution >= 0.6 is 0 Å².